The summed E-state index contributed by atoms with van der Waals surface area (Å²) in [6.07, 6.45) is 1.13. The summed E-state index contributed by atoms with van der Waals surface area (Å²) in [5, 5.41) is 2.64. The molecule has 6 heteroatoms. The van der Waals surface area contributed by atoms with Gasteiger partial charge in [-0.3, -0.25) is 4.79 Å². The molecule has 0 unspecified atom stereocenters. The zero-order valence-electron chi connectivity index (χ0n) is 14.9. The topological polar surface area (TPSA) is 72.5 Å². The van der Waals surface area contributed by atoms with Crippen LogP contribution in [0.5, 0.6) is 5.75 Å². The summed E-state index contributed by atoms with van der Waals surface area (Å²) in [5.74, 6) is 0.706. The standard InChI is InChI=1S/C19H23NO4S/c1-13(2)18-9-8-16(10-14(18)3)24-12-19(21)20-15-6-5-7-17(11-15)25(4,22)23/h5-11,13H,12H2,1-4H3,(H,20,21). The van der Waals surface area contributed by atoms with Crippen molar-refractivity contribution in [1.29, 1.82) is 0 Å². The van der Waals surface area contributed by atoms with E-state index < -0.39 is 9.84 Å². The van der Waals surface area contributed by atoms with E-state index in [9.17, 15) is 13.2 Å². The molecule has 2 aromatic rings. The number of carbonyl (C=O) groups is 1. The molecule has 0 aliphatic heterocycles. The van der Waals surface area contributed by atoms with Crippen molar-refractivity contribution < 1.29 is 17.9 Å². The van der Waals surface area contributed by atoms with Gasteiger partial charge in [-0.2, -0.15) is 0 Å². The summed E-state index contributed by atoms with van der Waals surface area (Å²) >= 11 is 0. The fourth-order valence-corrected chi connectivity index (χ4v) is 3.20. The van der Waals surface area contributed by atoms with Crippen LogP contribution in [0.2, 0.25) is 0 Å². The molecule has 1 amide bonds. The highest BCUT2D eigenvalue weighted by Gasteiger charge is 2.10. The molecule has 0 saturated carbocycles. The number of benzene rings is 2. The first-order valence-corrected chi connectivity index (χ1v) is 9.89. The summed E-state index contributed by atoms with van der Waals surface area (Å²) in [6, 6.07) is 11.9. The van der Waals surface area contributed by atoms with Crippen LogP contribution in [-0.2, 0) is 14.6 Å². The second kappa shape index (κ2) is 7.70. The average Bonchev–Trinajstić information content (AvgIpc) is 2.52. The van der Waals surface area contributed by atoms with Gasteiger partial charge in [-0.1, -0.05) is 26.0 Å². The Hall–Kier alpha value is -2.34. The average molecular weight is 361 g/mol. The second-order valence-corrected chi connectivity index (χ2v) is 8.33. The molecule has 5 nitrogen and oxygen atoms in total. The molecule has 0 saturated heterocycles. The number of nitrogens with one attached hydrogen (secondary N) is 1. The highest BCUT2D eigenvalue weighted by molar-refractivity contribution is 7.90. The van der Waals surface area contributed by atoms with E-state index in [0.29, 0.717) is 17.4 Å². The lowest BCUT2D eigenvalue weighted by Crippen LogP contribution is -2.20. The van der Waals surface area contributed by atoms with E-state index in [1.807, 2.05) is 25.1 Å². The molecule has 0 aliphatic rings. The van der Waals surface area contributed by atoms with Crippen molar-refractivity contribution in [2.45, 2.75) is 31.6 Å². The number of aryl methyl sites for hydroxylation is 1. The van der Waals surface area contributed by atoms with Crippen LogP contribution in [-0.4, -0.2) is 27.2 Å². The lowest BCUT2D eigenvalue weighted by atomic mass is 9.98. The molecule has 134 valence electrons. The summed E-state index contributed by atoms with van der Waals surface area (Å²) in [5.41, 5.74) is 2.78. The van der Waals surface area contributed by atoms with Gasteiger partial charge in [-0.05, 0) is 54.3 Å². The van der Waals surface area contributed by atoms with E-state index in [-0.39, 0.29) is 17.4 Å². The number of amides is 1. The van der Waals surface area contributed by atoms with Crippen LogP contribution >= 0.6 is 0 Å². The fourth-order valence-electron chi connectivity index (χ4n) is 2.54. The molecule has 0 radical (unpaired) electrons. The van der Waals surface area contributed by atoms with Crippen molar-refractivity contribution in [2.24, 2.45) is 0 Å². The maximum atomic E-state index is 12.0. The minimum absolute atomic E-state index is 0.149. The number of carbonyl (C=O) groups excluding carboxylic acids is 1. The van der Waals surface area contributed by atoms with Gasteiger partial charge in [0.2, 0.25) is 0 Å². The molecule has 2 aromatic carbocycles. The SMILES string of the molecule is Cc1cc(OCC(=O)Nc2cccc(S(C)(=O)=O)c2)ccc1C(C)C. The lowest BCUT2D eigenvalue weighted by molar-refractivity contribution is -0.118. The summed E-state index contributed by atoms with van der Waals surface area (Å²) in [6.45, 7) is 6.12. The van der Waals surface area contributed by atoms with Crippen LogP contribution in [0.4, 0.5) is 5.69 Å². The van der Waals surface area contributed by atoms with Crippen molar-refractivity contribution in [3.05, 3.63) is 53.6 Å². The van der Waals surface area contributed by atoms with E-state index >= 15 is 0 Å². The zero-order valence-corrected chi connectivity index (χ0v) is 15.7. The Labute approximate surface area is 148 Å². The molecule has 2 rings (SSSR count). The molecule has 0 fully saturated rings. The van der Waals surface area contributed by atoms with E-state index in [2.05, 4.69) is 19.2 Å². The highest BCUT2D eigenvalue weighted by atomic mass is 32.2. The second-order valence-electron chi connectivity index (χ2n) is 6.31. The van der Waals surface area contributed by atoms with Crippen LogP contribution in [0.15, 0.2) is 47.4 Å². The third kappa shape index (κ3) is 5.32. The van der Waals surface area contributed by atoms with E-state index in [0.717, 1.165) is 11.8 Å². The van der Waals surface area contributed by atoms with Crippen LogP contribution in [0.1, 0.15) is 30.9 Å². The molecular weight excluding hydrogens is 338 g/mol. The number of sulfone groups is 1. The van der Waals surface area contributed by atoms with Crippen molar-refractivity contribution in [1.82, 2.24) is 0 Å². The Kier molecular flexibility index (Phi) is 5.85. The molecular formula is C19H23NO4S. The number of rotatable bonds is 6. The third-order valence-corrected chi connectivity index (χ3v) is 4.89. The van der Waals surface area contributed by atoms with Gasteiger partial charge in [-0.15, -0.1) is 0 Å². The summed E-state index contributed by atoms with van der Waals surface area (Å²) in [7, 11) is -3.31. The van der Waals surface area contributed by atoms with Crippen molar-refractivity contribution in [3.63, 3.8) is 0 Å². The van der Waals surface area contributed by atoms with Gasteiger partial charge in [0.05, 0.1) is 4.90 Å². The van der Waals surface area contributed by atoms with Gasteiger partial charge in [0.15, 0.2) is 16.4 Å². The number of hydrogen-bond acceptors (Lipinski definition) is 4. The van der Waals surface area contributed by atoms with Gasteiger partial charge >= 0.3 is 0 Å². The largest absolute Gasteiger partial charge is 0.484 e. The number of ether oxygens (including phenoxy) is 1. The first-order chi connectivity index (χ1) is 11.7. The van der Waals surface area contributed by atoms with Crippen molar-refractivity contribution >= 4 is 21.4 Å². The molecule has 0 heterocycles. The van der Waals surface area contributed by atoms with Crippen LogP contribution in [0, 0.1) is 6.92 Å². The number of hydrogen-bond donors (Lipinski definition) is 1. The Morgan fingerprint density at radius 2 is 1.88 bits per heavy atom. The predicted octanol–water partition coefficient (Wildman–Crippen LogP) is 3.54. The molecule has 0 aliphatic carbocycles. The van der Waals surface area contributed by atoms with E-state index in [1.165, 1.54) is 17.7 Å². The van der Waals surface area contributed by atoms with Gasteiger partial charge in [0, 0.05) is 11.9 Å². The van der Waals surface area contributed by atoms with Crippen LogP contribution in [0.25, 0.3) is 0 Å². The van der Waals surface area contributed by atoms with Gasteiger partial charge < -0.3 is 10.1 Å². The van der Waals surface area contributed by atoms with Gasteiger partial charge in [0.1, 0.15) is 5.75 Å². The van der Waals surface area contributed by atoms with Gasteiger partial charge in [0.25, 0.3) is 5.91 Å². The molecule has 0 bridgehead atoms. The molecule has 0 aromatic heterocycles. The van der Waals surface area contributed by atoms with E-state index in [1.54, 1.807) is 12.1 Å². The first-order valence-electron chi connectivity index (χ1n) is 8.00. The van der Waals surface area contributed by atoms with Crippen LogP contribution in [0.3, 0.4) is 0 Å². The monoisotopic (exact) mass is 361 g/mol. The third-order valence-electron chi connectivity index (χ3n) is 3.78. The molecule has 0 spiro atoms. The Morgan fingerprint density at radius 1 is 1.16 bits per heavy atom. The fraction of sp³-hybridized carbons (Fsp3) is 0.316. The van der Waals surface area contributed by atoms with Crippen molar-refractivity contribution in [3.8, 4) is 5.75 Å². The Bertz CT molecular complexity index is 873. The smallest absolute Gasteiger partial charge is 0.262 e. The normalized spacial score (nSPS) is 11.4. The highest BCUT2D eigenvalue weighted by Crippen LogP contribution is 2.23. The summed E-state index contributed by atoms with van der Waals surface area (Å²) in [4.78, 5) is 12.2. The Morgan fingerprint density at radius 3 is 2.48 bits per heavy atom. The summed E-state index contributed by atoms with van der Waals surface area (Å²) < 4.78 is 28.6. The maximum absolute atomic E-state index is 12.0. The zero-order chi connectivity index (χ0) is 18.6. The maximum Gasteiger partial charge on any atom is 0.262 e. The first kappa shape index (κ1) is 19.0. The van der Waals surface area contributed by atoms with Gasteiger partial charge in [-0.25, -0.2) is 8.42 Å². The number of anilines is 1. The van der Waals surface area contributed by atoms with E-state index in [4.69, 9.17) is 4.74 Å². The lowest BCUT2D eigenvalue weighted by Gasteiger charge is -2.12. The quantitative estimate of drug-likeness (QED) is 0.854. The predicted molar refractivity (Wildman–Crippen MR) is 98.9 cm³/mol. The van der Waals surface area contributed by atoms with Crippen LogP contribution < -0.4 is 10.1 Å². The Balaban J connectivity index is 1.98. The molecule has 1 N–H and O–H groups in total. The van der Waals surface area contributed by atoms with Crippen molar-refractivity contribution in [2.75, 3.05) is 18.2 Å². The minimum Gasteiger partial charge on any atom is -0.484 e. The minimum atomic E-state index is -3.31. The molecule has 25 heavy (non-hydrogen) atoms. The molecule has 0 atom stereocenters.